The molecule has 0 aliphatic rings. The van der Waals surface area contributed by atoms with Gasteiger partial charge in [-0.25, -0.2) is 8.42 Å². The van der Waals surface area contributed by atoms with Crippen LogP contribution < -0.4 is 0 Å². The first-order valence-electron chi connectivity index (χ1n) is 7.20. The number of sulfonamides is 1. The number of hydrogen-bond acceptors (Lipinski definition) is 5. The van der Waals surface area contributed by atoms with E-state index in [1.165, 1.54) is 19.2 Å². The molecule has 2 atom stereocenters. The van der Waals surface area contributed by atoms with Crippen molar-refractivity contribution >= 4 is 15.7 Å². The summed E-state index contributed by atoms with van der Waals surface area (Å²) in [6.07, 6.45) is -0.996. The summed E-state index contributed by atoms with van der Waals surface area (Å²) < 4.78 is 26.3. The third-order valence-corrected chi connectivity index (χ3v) is 5.85. The van der Waals surface area contributed by atoms with Crippen LogP contribution in [0.4, 0.5) is 5.69 Å². The molecule has 7 nitrogen and oxygen atoms in total. The first-order valence-corrected chi connectivity index (χ1v) is 8.64. The molecular formula is C16H18N2O5S. The summed E-state index contributed by atoms with van der Waals surface area (Å²) in [4.78, 5) is 10.0. The van der Waals surface area contributed by atoms with Crippen LogP contribution in [0.2, 0.25) is 0 Å². The Kier molecular flexibility index (Phi) is 5.33. The maximum atomic E-state index is 12.6. The van der Waals surface area contributed by atoms with E-state index in [1.807, 2.05) is 0 Å². The van der Waals surface area contributed by atoms with Gasteiger partial charge in [0.1, 0.15) is 0 Å². The van der Waals surface area contributed by atoms with Crippen molar-refractivity contribution < 1.29 is 18.4 Å². The number of non-ortho nitro benzene ring substituents is 1. The minimum atomic E-state index is -3.88. The second kappa shape index (κ2) is 7.08. The summed E-state index contributed by atoms with van der Waals surface area (Å²) in [5, 5.41) is 21.1. The van der Waals surface area contributed by atoms with Gasteiger partial charge in [0.05, 0.1) is 22.0 Å². The molecule has 2 rings (SSSR count). The third kappa shape index (κ3) is 3.61. The van der Waals surface area contributed by atoms with Gasteiger partial charge in [-0.1, -0.05) is 30.3 Å². The fraction of sp³-hybridized carbons (Fsp3) is 0.250. The fourth-order valence-electron chi connectivity index (χ4n) is 2.25. The fourth-order valence-corrected chi connectivity index (χ4v) is 3.62. The molecule has 24 heavy (non-hydrogen) atoms. The van der Waals surface area contributed by atoms with E-state index in [0.717, 1.165) is 16.4 Å². The number of nitro benzene ring substituents is 1. The molecule has 0 aliphatic heterocycles. The summed E-state index contributed by atoms with van der Waals surface area (Å²) >= 11 is 0. The van der Waals surface area contributed by atoms with Gasteiger partial charge in [0, 0.05) is 19.2 Å². The molecule has 0 aromatic heterocycles. The summed E-state index contributed by atoms with van der Waals surface area (Å²) in [5.74, 6) is 0. The highest BCUT2D eigenvalue weighted by Crippen LogP contribution is 2.25. The number of benzene rings is 2. The first-order chi connectivity index (χ1) is 11.2. The Morgan fingerprint density at radius 3 is 2.12 bits per heavy atom. The van der Waals surface area contributed by atoms with Crippen molar-refractivity contribution in [1.82, 2.24) is 4.31 Å². The van der Waals surface area contributed by atoms with Gasteiger partial charge in [0.15, 0.2) is 0 Å². The first kappa shape index (κ1) is 18.1. The molecule has 0 spiro atoms. The number of nitro groups is 1. The molecule has 8 heteroatoms. The molecule has 0 heterocycles. The van der Waals surface area contributed by atoms with Gasteiger partial charge < -0.3 is 5.11 Å². The van der Waals surface area contributed by atoms with Gasteiger partial charge in [-0.3, -0.25) is 10.1 Å². The average molecular weight is 350 g/mol. The van der Waals surface area contributed by atoms with Gasteiger partial charge in [0.25, 0.3) is 5.69 Å². The van der Waals surface area contributed by atoms with Crippen molar-refractivity contribution in [1.29, 1.82) is 0 Å². The Balaban J connectivity index is 2.26. The van der Waals surface area contributed by atoms with Crippen LogP contribution in [-0.4, -0.2) is 35.8 Å². The van der Waals surface area contributed by atoms with E-state index in [1.54, 1.807) is 37.3 Å². The van der Waals surface area contributed by atoms with Crippen LogP contribution in [0, 0.1) is 10.1 Å². The Hall–Kier alpha value is -2.29. The van der Waals surface area contributed by atoms with E-state index in [-0.39, 0.29) is 10.6 Å². The van der Waals surface area contributed by atoms with Gasteiger partial charge in [-0.05, 0) is 24.6 Å². The summed E-state index contributed by atoms with van der Waals surface area (Å²) in [5.41, 5.74) is 0.421. The number of aliphatic hydroxyl groups is 1. The van der Waals surface area contributed by atoms with Crippen molar-refractivity contribution in [2.24, 2.45) is 0 Å². The molecule has 0 bridgehead atoms. The van der Waals surface area contributed by atoms with Gasteiger partial charge in [-0.2, -0.15) is 4.31 Å². The maximum absolute atomic E-state index is 12.6. The molecule has 128 valence electrons. The monoisotopic (exact) mass is 350 g/mol. The summed E-state index contributed by atoms with van der Waals surface area (Å²) in [6, 6.07) is 12.7. The Bertz CT molecular complexity index is 806. The highest BCUT2D eigenvalue weighted by Gasteiger charge is 2.30. The SMILES string of the molecule is CC(C(O)c1ccccc1)N(C)S(=O)(=O)c1ccc([N+](=O)[O-])cc1. The average Bonchev–Trinajstić information content (AvgIpc) is 2.60. The molecule has 2 aromatic rings. The van der Waals surface area contributed by atoms with E-state index >= 15 is 0 Å². The second-order valence-electron chi connectivity index (χ2n) is 5.37. The lowest BCUT2D eigenvalue weighted by atomic mass is 10.0. The zero-order valence-electron chi connectivity index (χ0n) is 13.2. The third-order valence-electron chi connectivity index (χ3n) is 3.90. The number of hydrogen-bond donors (Lipinski definition) is 1. The van der Waals surface area contributed by atoms with E-state index in [0.29, 0.717) is 5.56 Å². The second-order valence-corrected chi connectivity index (χ2v) is 7.37. The van der Waals surface area contributed by atoms with Gasteiger partial charge in [-0.15, -0.1) is 0 Å². The number of likely N-dealkylation sites (N-methyl/N-ethyl adjacent to an activating group) is 1. The molecule has 0 saturated carbocycles. The molecule has 0 fully saturated rings. The van der Waals surface area contributed by atoms with Crippen molar-refractivity contribution in [3.05, 3.63) is 70.3 Å². The van der Waals surface area contributed by atoms with E-state index in [4.69, 9.17) is 0 Å². The van der Waals surface area contributed by atoms with E-state index in [9.17, 15) is 23.6 Å². The molecule has 0 radical (unpaired) electrons. The maximum Gasteiger partial charge on any atom is 0.269 e. The number of aliphatic hydroxyl groups excluding tert-OH is 1. The Morgan fingerprint density at radius 1 is 1.08 bits per heavy atom. The smallest absolute Gasteiger partial charge is 0.269 e. The highest BCUT2D eigenvalue weighted by molar-refractivity contribution is 7.89. The van der Waals surface area contributed by atoms with E-state index in [2.05, 4.69) is 0 Å². The predicted molar refractivity (Wildman–Crippen MR) is 88.9 cm³/mol. The molecular weight excluding hydrogens is 332 g/mol. The zero-order chi connectivity index (χ0) is 17.9. The van der Waals surface area contributed by atoms with Crippen molar-refractivity contribution in [3.8, 4) is 0 Å². The van der Waals surface area contributed by atoms with Crippen LogP contribution in [0.15, 0.2) is 59.5 Å². The normalized spacial score (nSPS) is 14.3. The molecule has 0 saturated heterocycles. The predicted octanol–water partition coefficient (Wildman–Crippen LogP) is 2.34. The Labute approximate surface area is 140 Å². The van der Waals surface area contributed by atoms with Crippen LogP contribution in [0.3, 0.4) is 0 Å². The van der Waals surface area contributed by atoms with Crippen LogP contribution in [-0.2, 0) is 10.0 Å². The zero-order valence-corrected chi connectivity index (χ0v) is 14.1. The minimum absolute atomic E-state index is 0.0669. The molecule has 1 N–H and O–H groups in total. The van der Waals surface area contributed by atoms with Crippen LogP contribution in [0.5, 0.6) is 0 Å². The number of rotatable bonds is 6. The number of nitrogens with zero attached hydrogens (tertiary/aromatic N) is 2. The Morgan fingerprint density at radius 2 is 1.62 bits per heavy atom. The largest absolute Gasteiger partial charge is 0.387 e. The van der Waals surface area contributed by atoms with Gasteiger partial charge in [0.2, 0.25) is 10.0 Å². The molecule has 2 aromatic carbocycles. The molecule has 2 unspecified atom stereocenters. The quantitative estimate of drug-likeness (QED) is 0.636. The summed E-state index contributed by atoms with van der Waals surface area (Å²) in [6.45, 7) is 1.60. The van der Waals surface area contributed by atoms with E-state index < -0.39 is 27.1 Å². The van der Waals surface area contributed by atoms with Crippen LogP contribution >= 0.6 is 0 Å². The van der Waals surface area contributed by atoms with Crippen molar-refractivity contribution in [2.45, 2.75) is 24.0 Å². The van der Waals surface area contributed by atoms with Crippen LogP contribution in [0.1, 0.15) is 18.6 Å². The molecule has 0 aliphatic carbocycles. The van der Waals surface area contributed by atoms with Crippen molar-refractivity contribution in [3.63, 3.8) is 0 Å². The van der Waals surface area contributed by atoms with Crippen LogP contribution in [0.25, 0.3) is 0 Å². The van der Waals surface area contributed by atoms with Gasteiger partial charge >= 0.3 is 0 Å². The lowest BCUT2D eigenvalue weighted by molar-refractivity contribution is -0.384. The lowest BCUT2D eigenvalue weighted by Crippen LogP contribution is -2.39. The topological polar surface area (TPSA) is 101 Å². The lowest BCUT2D eigenvalue weighted by Gasteiger charge is -2.28. The van der Waals surface area contributed by atoms with Crippen molar-refractivity contribution in [2.75, 3.05) is 7.05 Å². The standard InChI is InChI=1S/C16H18N2O5S/c1-12(16(19)13-6-4-3-5-7-13)17(2)24(22,23)15-10-8-14(9-11-15)18(20)21/h3-12,16,19H,1-2H3. The summed E-state index contributed by atoms with van der Waals surface area (Å²) in [7, 11) is -2.51. The minimum Gasteiger partial charge on any atom is -0.387 e. The highest BCUT2D eigenvalue weighted by atomic mass is 32.2. The molecule has 0 amide bonds.